The Labute approximate surface area is 225 Å². The minimum atomic E-state index is -4.77. The maximum Gasteiger partial charge on any atom is 0.413 e. The van der Waals surface area contributed by atoms with Crippen LogP contribution in [0.5, 0.6) is 0 Å². The molecule has 1 aliphatic carbocycles. The number of allylic oxidation sites excluding steroid dienone is 2. The van der Waals surface area contributed by atoms with Gasteiger partial charge < -0.3 is 19.8 Å². The molecule has 1 unspecified atom stereocenters. The summed E-state index contributed by atoms with van der Waals surface area (Å²) in [4.78, 5) is 34.5. The number of carbonyl (C=O) groups is 2. The Morgan fingerprint density at radius 3 is 2.51 bits per heavy atom. The molecule has 206 valence electrons. The average molecular weight is 541 g/mol. The summed E-state index contributed by atoms with van der Waals surface area (Å²) >= 11 is 0. The number of fused-ring (bicyclic) bond motifs is 1. The second kappa shape index (κ2) is 10.4. The quantitative estimate of drug-likeness (QED) is 0.582. The van der Waals surface area contributed by atoms with Gasteiger partial charge in [-0.3, -0.25) is 9.78 Å². The Balaban J connectivity index is 1.32. The van der Waals surface area contributed by atoms with Crippen LogP contribution in [0.25, 0.3) is 0 Å². The van der Waals surface area contributed by atoms with E-state index < -0.39 is 29.8 Å². The van der Waals surface area contributed by atoms with Crippen LogP contribution in [0.4, 0.5) is 18.9 Å². The second-order valence-electron chi connectivity index (χ2n) is 10.4. The largest absolute Gasteiger partial charge is 0.478 e. The molecule has 3 heterocycles. The minimum Gasteiger partial charge on any atom is -0.478 e. The third-order valence-electron chi connectivity index (χ3n) is 8.06. The summed E-state index contributed by atoms with van der Waals surface area (Å²) in [5, 5.41) is 9.44. The van der Waals surface area contributed by atoms with Crippen molar-refractivity contribution in [1.82, 2.24) is 14.8 Å². The third-order valence-corrected chi connectivity index (χ3v) is 8.06. The number of aryl methyl sites for hydroxylation is 2. The Bertz CT molecular complexity index is 1330. The highest BCUT2D eigenvalue weighted by Crippen LogP contribution is 2.43. The number of amides is 1. The molecule has 5 rings (SSSR count). The lowest BCUT2D eigenvalue weighted by molar-refractivity contribution is -0.176. The molecule has 0 bridgehead atoms. The number of alkyl halides is 3. The van der Waals surface area contributed by atoms with Crippen LogP contribution in [0.15, 0.2) is 60.5 Å². The number of aromatic nitrogens is 1. The highest BCUT2D eigenvalue weighted by molar-refractivity contribution is 5.94. The lowest BCUT2D eigenvalue weighted by Crippen LogP contribution is -2.48. The van der Waals surface area contributed by atoms with Crippen LogP contribution in [0, 0.1) is 6.92 Å². The topological polar surface area (TPSA) is 77.0 Å². The third kappa shape index (κ3) is 5.24. The number of hydrogen-bond donors (Lipinski definition) is 1. The maximum absolute atomic E-state index is 14.1. The summed E-state index contributed by atoms with van der Waals surface area (Å²) in [5.41, 5.74) is 3.30. The molecule has 3 aliphatic rings. The van der Waals surface area contributed by atoms with Crippen LogP contribution >= 0.6 is 0 Å². The molecule has 39 heavy (non-hydrogen) atoms. The van der Waals surface area contributed by atoms with Crippen molar-refractivity contribution in [2.75, 3.05) is 25.0 Å². The van der Waals surface area contributed by atoms with Gasteiger partial charge in [-0.05, 0) is 80.2 Å². The number of pyridine rings is 1. The lowest BCUT2D eigenvalue weighted by atomic mass is 9.96. The standard InChI is InChI=1S/C29H31F3N4O3/c1-18-16-22(9-12-33-18)35-14-10-21(11-15-35)34(2)27(37)20-6-5-19-7-8-25(24(19)17-20)36-13-3-4-23(28(38)39)26(36)29(30,31)32/h3-6,9,12-13,16-17,21,25-26H,7-8,10-11,14-15H2,1-2H3,(H,38,39)/t25-,26?/m1/s1. The van der Waals surface area contributed by atoms with Gasteiger partial charge in [0.2, 0.25) is 0 Å². The van der Waals surface area contributed by atoms with E-state index in [-0.39, 0.29) is 11.9 Å². The normalized spacial score (nSPS) is 21.5. The number of carboxylic acid groups (broad SMARTS) is 1. The second-order valence-corrected chi connectivity index (χ2v) is 10.4. The SMILES string of the molecule is Cc1cc(N2CCC(N(C)C(=O)c3ccc4c(c3)[C@H](N3C=CC=C(C(=O)O)C3C(F)(F)F)CC4)CC2)ccn1. The molecular weight excluding hydrogens is 509 g/mol. The highest BCUT2D eigenvalue weighted by Gasteiger charge is 2.50. The predicted molar refractivity (Wildman–Crippen MR) is 140 cm³/mol. The van der Waals surface area contributed by atoms with E-state index in [1.165, 1.54) is 12.3 Å². The average Bonchev–Trinajstić information content (AvgIpc) is 3.34. The molecule has 1 aromatic carbocycles. The van der Waals surface area contributed by atoms with Gasteiger partial charge in [0.15, 0.2) is 6.04 Å². The number of anilines is 1. The van der Waals surface area contributed by atoms with E-state index in [2.05, 4.69) is 9.88 Å². The first-order valence-electron chi connectivity index (χ1n) is 13.1. The van der Waals surface area contributed by atoms with Gasteiger partial charge in [0.1, 0.15) is 0 Å². The van der Waals surface area contributed by atoms with Gasteiger partial charge in [0, 0.05) is 55.5 Å². The van der Waals surface area contributed by atoms with E-state index in [9.17, 15) is 27.9 Å². The molecular formula is C29H31F3N4O3. The van der Waals surface area contributed by atoms with E-state index in [0.717, 1.165) is 53.9 Å². The van der Waals surface area contributed by atoms with Gasteiger partial charge in [0.05, 0.1) is 11.6 Å². The fraction of sp³-hybridized carbons (Fsp3) is 0.414. The molecule has 7 nitrogen and oxygen atoms in total. The molecule has 10 heteroatoms. The molecule has 1 saturated heterocycles. The van der Waals surface area contributed by atoms with Crippen molar-refractivity contribution in [3.8, 4) is 0 Å². The molecule has 2 aromatic rings. The van der Waals surface area contributed by atoms with Crippen molar-refractivity contribution in [3.05, 3.63) is 82.8 Å². The first-order valence-corrected chi connectivity index (χ1v) is 13.1. The zero-order valence-corrected chi connectivity index (χ0v) is 21.9. The van der Waals surface area contributed by atoms with E-state index >= 15 is 0 Å². The number of rotatable bonds is 5. The molecule has 1 aromatic heterocycles. The fourth-order valence-corrected chi connectivity index (χ4v) is 6.03. The number of nitrogens with zero attached hydrogens (tertiary/aromatic N) is 4. The van der Waals surface area contributed by atoms with E-state index in [1.54, 1.807) is 30.3 Å². The molecule has 1 N–H and O–H groups in total. The number of hydrogen-bond acceptors (Lipinski definition) is 5. The summed E-state index contributed by atoms with van der Waals surface area (Å²) in [6.45, 7) is 3.56. The summed E-state index contributed by atoms with van der Waals surface area (Å²) in [5.74, 6) is -1.77. The van der Waals surface area contributed by atoms with Crippen molar-refractivity contribution in [3.63, 3.8) is 0 Å². The van der Waals surface area contributed by atoms with Crippen LogP contribution in [-0.4, -0.2) is 70.2 Å². The number of piperidine rings is 1. The van der Waals surface area contributed by atoms with Gasteiger partial charge in [-0.15, -0.1) is 0 Å². The van der Waals surface area contributed by atoms with Crippen LogP contribution in [0.2, 0.25) is 0 Å². The van der Waals surface area contributed by atoms with Crippen molar-refractivity contribution in [1.29, 1.82) is 0 Å². The predicted octanol–water partition coefficient (Wildman–Crippen LogP) is 4.89. The van der Waals surface area contributed by atoms with E-state index in [0.29, 0.717) is 24.0 Å². The first kappa shape index (κ1) is 26.8. The van der Waals surface area contributed by atoms with Gasteiger partial charge in [0.25, 0.3) is 5.91 Å². The van der Waals surface area contributed by atoms with Gasteiger partial charge in [-0.2, -0.15) is 13.2 Å². The number of carboxylic acids is 1. The van der Waals surface area contributed by atoms with Crippen LogP contribution in [0.1, 0.15) is 52.5 Å². The summed E-state index contributed by atoms with van der Waals surface area (Å²) in [6.07, 6.45) is 3.23. The summed E-state index contributed by atoms with van der Waals surface area (Å²) in [7, 11) is 1.78. The zero-order chi connectivity index (χ0) is 27.9. The van der Waals surface area contributed by atoms with Gasteiger partial charge in [-0.1, -0.05) is 6.07 Å². The Morgan fingerprint density at radius 2 is 1.85 bits per heavy atom. The first-order chi connectivity index (χ1) is 18.5. The van der Waals surface area contributed by atoms with Gasteiger partial charge >= 0.3 is 12.1 Å². The molecule has 2 atom stereocenters. The minimum absolute atomic E-state index is 0.0450. The molecule has 0 radical (unpaired) electrons. The summed E-state index contributed by atoms with van der Waals surface area (Å²) < 4.78 is 42.2. The Morgan fingerprint density at radius 1 is 1.10 bits per heavy atom. The van der Waals surface area contributed by atoms with Crippen molar-refractivity contribution in [2.24, 2.45) is 0 Å². The number of halogens is 3. The molecule has 0 saturated carbocycles. The van der Waals surface area contributed by atoms with E-state index in [1.807, 2.05) is 25.1 Å². The molecule has 1 amide bonds. The number of carbonyl (C=O) groups excluding carboxylic acids is 1. The Kier molecular flexibility index (Phi) is 7.13. The summed E-state index contributed by atoms with van der Waals surface area (Å²) in [6, 6.07) is 6.39. The van der Waals surface area contributed by atoms with Crippen LogP contribution in [-0.2, 0) is 11.2 Å². The monoisotopic (exact) mass is 540 g/mol. The molecule has 2 aliphatic heterocycles. The lowest BCUT2D eigenvalue weighted by Gasteiger charge is -2.39. The zero-order valence-electron chi connectivity index (χ0n) is 21.9. The van der Waals surface area contributed by atoms with Crippen LogP contribution < -0.4 is 4.90 Å². The highest BCUT2D eigenvalue weighted by atomic mass is 19.4. The number of benzene rings is 1. The van der Waals surface area contributed by atoms with Gasteiger partial charge in [-0.25, -0.2) is 4.79 Å². The fourth-order valence-electron chi connectivity index (χ4n) is 6.03. The van der Waals surface area contributed by atoms with Crippen LogP contribution in [0.3, 0.4) is 0 Å². The maximum atomic E-state index is 14.1. The van der Waals surface area contributed by atoms with Crippen molar-refractivity contribution >= 4 is 17.6 Å². The Hall–Kier alpha value is -3.82. The number of aliphatic carboxylic acids is 1. The van der Waals surface area contributed by atoms with Crippen molar-refractivity contribution in [2.45, 2.75) is 56.9 Å². The van der Waals surface area contributed by atoms with E-state index in [4.69, 9.17) is 0 Å². The van der Waals surface area contributed by atoms with Crippen molar-refractivity contribution < 1.29 is 27.9 Å². The molecule has 0 spiro atoms. The molecule has 1 fully saturated rings. The smallest absolute Gasteiger partial charge is 0.413 e.